The van der Waals surface area contributed by atoms with E-state index >= 15 is 0 Å². The molecule has 2 aromatic heterocycles. The van der Waals surface area contributed by atoms with E-state index in [4.69, 9.17) is 9.84 Å². The van der Waals surface area contributed by atoms with Crippen molar-refractivity contribution < 1.29 is 18.6 Å². The first-order chi connectivity index (χ1) is 20.0. The highest BCUT2D eigenvalue weighted by Gasteiger charge is 2.44. The van der Waals surface area contributed by atoms with Crippen LogP contribution in [0.3, 0.4) is 0 Å². The molecular formula is C30H41N7O5S. The van der Waals surface area contributed by atoms with Crippen molar-refractivity contribution in [2.45, 2.75) is 95.0 Å². The molecule has 0 bridgehead atoms. The van der Waals surface area contributed by atoms with E-state index in [9.17, 15) is 24.0 Å². The maximum atomic E-state index is 13.1. The second kappa shape index (κ2) is 10.6. The van der Waals surface area contributed by atoms with Gasteiger partial charge in [0.1, 0.15) is 11.5 Å². The van der Waals surface area contributed by atoms with Crippen molar-refractivity contribution in [3.8, 4) is 6.07 Å². The number of hydrogen-bond donors (Lipinski definition) is 4. The van der Waals surface area contributed by atoms with Gasteiger partial charge in [-0.1, -0.05) is 0 Å². The van der Waals surface area contributed by atoms with E-state index in [0.717, 1.165) is 5.56 Å². The fourth-order valence-electron chi connectivity index (χ4n) is 5.77. The number of anilines is 2. The first-order valence-electron chi connectivity index (χ1n) is 14.3. The number of ether oxygens (including phenoxy) is 1. The van der Waals surface area contributed by atoms with E-state index in [1.807, 2.05) is 47.6 Å². The molecule has 0 aliphatic carbocycles. The molecule has 12 nitrogen and oxygen atoms in total. The van der Waals surface area contributed by atoms with Crippen LogP contribution in [0, 0.1) is 11.3 Å². The summed E-state index contributed by atoms with van der Waals surface area (Å²) in [5, 5.41) is 18.3. The summed E-state index contributed by atoms with van der Waals surface area (Å²) in [6, 6.07) is 9.28. The number of nitrogens with zero attached hydrogens (tertiary/aromatic N) is 5. The summed E-state index contributed by atoms with van der Waals surface area (Å²) in [7, 11) is -1.37. The number of benzene rings is 1. The summed E-state index contributed by atoms with van der Waals surface area (Å²) in [6.45, 7) is 12.1. The second-order valence-electron chi connectivity index (χ2n) is 13.5. The van der Waals surface area contributed by atoms with Gasteiger partial charge in [0.25, 0.3) is 11.5 Å². The predicted octanol–water partition coefficient (Wildman–Crippen LogP) is 5.15. The molecule has 43 heavy (non-hydrogen) atoms. The lowest BCUT2D eigenvalue weighted by Gasteiger charge is -2.44. The van der Waals surface area contributed by atoms with Crippen LogP contribution >= 0.6 is 10.8 Å². The molecular weight excluding hydrogens is 570 g/mol. The van der Waals surface area contributed by atoms with Crippen molar-refractivity contribution in [2.24, 2.45) is 0 Å². The Hall–Kier alpha value is -3.41. The van der Waals surface area contributed by atoms with Gasteiger partial charge in [-0.3, -0.25) is 23.4 Å². The summed E-state index contributed by atoms with van der Waals surface area (Å²) in [4.78, 5) is 31.1. The highest BCUT2D eigenvalue weighted by molar-refractivity contribution is 8.22. The minimum Gasteiger partial charge on any atom is -0.366 e. The molecule has 2 aliphatic rings. The Labute approximate surface area is 253 Å². The number of carbonyl (C=O) groups excluding carboxylic acids is 1. The van der Waals surface area contributed by atoms with E-state index in [1.54, 1.807) is 45.3 Å². The minimum absolute atomic E-state index is 0.0748. The number of nitriles is 1. The molecule has 4 heterocycles. The van der Waals surface area contributed by atoms with E-state index in [-0.39, 0.29) is 30.0 Å². The number of H-pyrrole nitrogens is 1. The normalized spacial score (nSPS) is 23.0. The maximum Gasteiger partial charge on any atom is 0.261 e. The van der Waals surface area contributed by atoms with Gasteiger partial charge in [-0.15, -0.1) is 10.8 Å². The van der Waals surface area contributed by atoms with Crippen LogP contribution in [-0.4, -0.2) is 69.8 Å². The lowest BCUT2D eigenvalue weighted by molar-refractivity contribution is -0.155. The van der Waals surface area contributed by atoms with Crippen molar-refractivity contribution >= 4 is 39.1 Å². The minimum atomic E-state index is -3.13. The molecule has 0 saturated carbocycles. The molecule has 1 aromatic carbocycles. The molecule has 0 spiro atoms. The van der Waals surface area contributed by atoms with Crippen LogP contribution in [0.4, 0.5) is 11.5 Å². The quantitative estimate of drug-likeness (QED) is 0.306. The number of aromatic nitrogens is 3. The van der Waals surface area contributed by atoms with E-state index in [1.165, 1.54) is 0 Å². The number of likely N-dealkylation sites (N-methyl/N-ethyl adjacent to an activating group) is 1. The van der Waals surface area contributed by atoms with Gasteiger partial charge in [0.15, 0.2) is 5.82 Å². The van der Waals surface area contributed by atoms with Crippen molar-refractivity contribution in [3.63, 3.8) is 0 Å². The highest BCUT2D eigenvalue weighted by atomic mass is 32.3. The SMILES string of the molecule is CN(C(=O)[C@@H]1CC[C@@](CC#N)(n2nc(Nc3ccc4c(c3)CN(C(C)(C)C)S4(O)O)c3c(=O)[nH]ccc32)CO1)C(C)(C)C. The summed E-state index contributed by atoms with van der Waals surface area (Å²) < 4.78 is 31.5. The Morgan fingerprint density at radius 1 is 1.28 bits per heavy atom. The molecule has 13 heteroatoms. The third-order valence-corrected chi connectivity index (χ3v) is 10.8. The van der Waals surface area contributed by atoms with Crippen LogP contribution in [-0.2, 0) is 21.6 Å². The zero-order valence-electron chi connectivity index (χ0n) is 25.8. The molecule has 2 atom stereocenters. The molecule has 0 radical (unpaired) electrons. The van der Waals surface area contributed by atoms with Gasteiger partial charge >= 0.3 is 0 Å². The first-order valence-corrected chi connectivity index (χ1v) is 15.8. The third kappa shape index (κ3) is 5.42. The van der Waals surface area contributed by atoms with Gasteiger partial charge in [-0.2, -0.15) is 14.7 Å². The van der Waals surface area contributed by atoms with Crippen LogP contribution in [0.25, 0.3) is 10.9 Å². The van der Waals surface area contributed by atoms with E-state index in [0.29, 0.717) is 46.7 Å². The van der Waals surface area contributed by atoms with Gasteiger partial charge in [0.05, 0.1) is 35.0 Å². The largest absolute Gasteiger partial charge is 0.366 e. The maximum absolute atomic E-state index is 13.1. The standard InChI is InChI=1S/C30H41N7O5S/c1-28(2,3)35(7)27(39)22-10-12-30(13-14-31,18-42-22)37-21-11-15-32-26(38)24(21)25(34-37)33-20-8-9-23-19(16-20)17-36(29(4,5)6)43(23,40)41/h8-9,11,15-16,22,40-41H,10,12-13,17-18H2,1-7H3,(H,32,38)(H,33,34)/t22-,30-/m0/s1. The zero-order chi connectivity index (χ0) is 31.5. The van der Waals surface area contributed by atoms with Gasteiger partial charge in [0, 0.05) is 36.6 Å². The monoisotopic (exact) mass is 611 g/mol. The Morgan fingerprint density at radius 3 is 2.60 bits per heavy atom. The van der Waals surface area contributed by atoms with Crippen LogP contribution in [0.1, 0.15) is 66.4 Å². The Kier molecular flexibility index (Phi) is 7.68. The molecule has 2 aliphatic heterocycles. The number of rotatable bonds is 5. The van der Waals surface area contributed by atoms with E-state index in [2.05, 4.69) is 16.4 Å². The summed E-state index contributed by atoms with van der Waals surface area (Å²) in [5.41, 5.74) is -0.114. The molecule has 3 aromatic rings. The molecule has 0 unspecified atom stereocenters. The van der Waals surface area contributed by atoms with Crippen LogP contribution in [0.15, 0.2) is 40.2 Å². The zero-order valence-corrected chi connectivity index (χ0v) is 26.6. The van der Waals surface area contributed by atoms with Gasteiger partial charge < -0.3 is 19.9 Å². The lowest BCUT2D eigenvalue weighted by Crippen LogP contribution is -2.52. The molecule has 232 valence electrons. The fraction of sp³-hybridized carbons (Fsp3) is 0.533. The summed E-state index contributed by atoms with van der Waals surface area (Å²) in [6.07, 6.45) is 1.84. The Bertz CT molecular complexity index is 1650. The van der Waals surface area contributed by atoms with Crippen molar-refractivity contribution in [3.05, 3.63) is 46.4 Å². The predicted molar refractivity (Wildman–Crippen MR) is 166 cm³/mol. The summed E-state index contributed by atoms with van der Waals surface area (Å²) in [5.74, 6) is 0.192. The number of amides is 1. The number of nitrogens with one attached hydrogen (secondary N) is 2. The topological polar surface area (TPSA) is 160 Å². The van der Waals surface area contributed by atoms with Gasteiger partial charge in [0.2, 0.25) is 0 Å². The van der Waals surface area contributed by atoms with Crippen LogP contribution in [0.2, 0.25) is 0 Å². The van der Waals surface area contributed by atoms with Crippen molar-refractivity contribution in [1.82, 2.24) is 24.0 Å². The summed E-state index contributed by atoms with van der Waals surface area (Å²) >= 11 is 0. The van der Waals surface area contributed by atoms with Crippen molar-refractivity contribution in [1.29, 1.82) is 5.26 Å². The average molecular weight is 612 g/mol. The lowest BCUT2D eigenvalue weighted by atomic mass is 9.86. The second-order valence-corrected chi connectivity index (χ2v) is 15.4. The van der Waals surface area contributed by atoms with Crippen LogP contribution in [0.5, 0.6) is 0 Å². The number of fused-ring (bicyclic) bond motifs is 2. The Balaban J connectivity index is 1.49. The molecule has 1 fully saturated rings. The molecule has 1 saturated heterocycles. The number of hydrogen-bond acceptors (Lipinski definition) is 9. The van der Waals surface area contributed by atoms with Gasteiger partial charge in [-0.05, 0) is 84.2 Å². The molecule has 1 amide bonds. The van der Waals surface area contributed by atoms with E-state index < -0.39 is 28.0 Å². The smallest absolute Gasteiger partial charge is 0.261 e. The number of aromatic amines is 1. The van der Waals surface area contributed by atoms with Crippen molar-refractivity contribution in [2.75, 3.05) is 19.0 Å². The highest BCUT2D eigenvalue weighted by Crippen LogP contribution is 2.61. The molecule has 4 N–H and O–H groups in total. The number of carbonyl (C=O) groups is 1. The number of pyridine rings is 1. The van der Waals surface area contributed by atoms with Crippen LogP contribution < -0.4 is 10.9 Å². The fourth-order valence-corrected chi connectivity index (χ4v) is 7.82. The average Bonchev–Trinajstić information content (AvgIpc) is 3.43. The third-order valence-electron chi connectivity index (χ3n) is 8.49. The molecule has 5 rings (SSSR count). The first kappa shape index (κ1) is 31.0. The van der Waals surface area contributed by atoms with Gasteiger partial charge in [-0.25, -0.2) is 0 Å². The Morgan fingerprint density at radius 2 is 2.00 bits per heavy atom.